The van der Waals surface area contributed by atoms with Crippen LogP contribution in [0.4, 0.5) is 0 Å². The Morgan fingerprint density at radius 2 is 2.14 bits per heavy atom. The van der Waals surface area contributed by atoms with Crippen molar-refractivity contribution >= 4 is 5.91 Å². The lowest BCUT2D eigenvalue weighted by Gasteiger charge is -2.22. The van der Waals surface area contributed by atoms with Crippen LogP contribution in [0, 0.1) is 6.92 Å². The molecule has 0 bridgehead atoms. The van der Waals surface area contributed by atoms with E-state index in [1.807, 2.05) is 18.4 Å². The first-order valence-corrected chi connectivity index (χ1v) is 7.76. The number of amides is 1. The van der Waals surface area contributed by atoms with E-state index in [4.69, 9.17) is 4.74 Å². The van der Waals surface area contributed by atoms with Gasteiger partial charge in [0.05, 0.1) is 0 Å². The van der Waals surface area contributed by atoms with Crippen LogP contribution in [0.5, 0.6) is 11.5 Å². The highest BCUT2D eigenvalue weighted by molar-refractivity contribution is 5.77. The van der Waals surface area contributed by atoms with Crippen molar-refractivity contribution in [2.75, 3.05) is 6.61 Å². The van der Waals surface area contributed by atoms with E-state index in [0.29, 0.717) is 5.75 Å². The molecule has 1 aliphatic carbocycles. The molecule has 2 N–H and O–H groups in total. The number of carbonyl (C=O) groups excluding carboxylic acids is 1. The third kappa shape index (κ3) is 4.09. The Bertz CT molecular complexity index is 497. The van der Waals surface area contributed by atoms with E-state index in [0.717, 1.165) is 25.1 Å². The van der Waals surface area contributed by atoms with Crippen molar-refractivity contribution in [2.24, 2.45) is 0 Å². The molecule has 0 unspecified atom stereocenters. The van der Waals surface area contributed by atoms with Gasteiger partial charge in [-0.15, -0.1) is 0 Å². The average molecular weight is 293 g/mol. The molecule has 0 spiro atoms. The van der Waals surface area contributed by atoms with Gasteiger partial charge < -0.3 is 15.2 Å². The first kappa shape index (κ1) is 15.6. The Hall–Kier alpha value is -1.78. The molecule has 0 saturated heterocycles. The molecule has 116 valence electrons. The minimum Gasteiger partial charge on any atom is -0.504 e. The molecule has 0 atom stereocenters. The zero-order valence-corrected chi connectivity index (χ0v) is 12.9. The van der Waals surface area contributed by atoms with Crippen molar-refractivity contribution < 1.29 is 19.2 Å². The molecule has 1 aliphatic rings. The van der Waals surface area contributed by atoms with Crippen LogP contribution < -0.4 is 14.6 Å². The summed E-state index contributed by atoms with van der Waals surface area (Å²) in [5.74, 6) is 0.341. The number of nitrogens with zero attached hydrogens (tertiary/aromatic N) is 1. The molecule has 5 heteroatoms. The number of nitrogens with one attached hydrogen (secondary N) is 1. The van der Waals surface area contributed by atoms with Gasteiger partial charge in [-0.2, -0.15) is 4.57 Å². The van der Waals surface area contributed by atoms with Crippen LogP contribution >= 0.6 is 0 Å². The molecule has 5 nitrogen and oxygen atoms in total. The second-order valence-electron chi connectivity index (χ2n) is 5.59. The van der Waals surface area contributed by atoms with E-state index in [1.54, 1.807) is 12.3 Å². The maximum atomic E-state index is 11.9. The number of pyridine rings is 1. The Morgan fingerprint density at radius 1 is 1.43 bits per heavy atom. The maximum absolute atomic E-state index is 11.9. The summed E-state index contributed by atoms with van der Waals surface area (Å²) in [4.78, 5) is 11.9. The van der Waals surface area contributed by atoms with Crippen molar-refractivity contribution in [1.29, 1.82) is 0 Å². The van der Waals surface area contributed by atoms with Gasteiger partial charge in [-0.3, -0.25) is 4.79 Å². The van der Waals surface area contributed by atoms with E-state index >= 15 is 0 Å². The number of aryl methyl sites for hydroxylation is 1. The van der Waals surface area contributed by atoms with Gasteiger partial charge in [0.15, 0.2) is 18.6 Å². The molecule has 0 radical (unpaired) electrons. The predicted molar refractivity (Wildman–Crippen MR) is 79.2 cm³/mol. The number of aromatic hydroxyl groups is 1. The van der Waals surface area contributed by atoms with Crippen LogP contribution in [-0.4, -0.2) is 23.7 Å². The van der Waals surface area contributed by atoms with Gasteiger partial charge in [-0.05, 0) is 19.8 Å². The van der Waals surface area contributed by atoms with Crippen LogP contribution in [-0.2, 0) is 11.3 Å². The molecular formula is C16H25N2O3+. The number of rotatable bonds is 5. The van der Waals surface area contributed by atoms with Crippen molar-refractivity contribution in [3.63, 3.8) is 0 Å². The number of ether oxygens (including phenoxy) is 1. The summed E-state index contributed by atoms with van der Waals surface area (Å²) in [6.45, 7) is 4.62. The first-order valence-electron chi connectivity index (χ1n) is 7.76. The molecule has 1 amide bonds. The lowest BCUT2D eigenvalue weighted by Crippen LogP contribution is -2.39. The number of aromatic nitrogens is 1. The second-order valence-corrected chi connectivity index (χ2v) is 5.59. The van der Waals surface area contributed by atoms with Gasteiger partial charge in [0.1, 0.15) is 6.54 Å². The summed E-state index contributed by atoms with van der Waals surface area (Å²) in [5.41, 5.74) is 0.822. The van der Waals surface area contributed by atoms with Crippen LogP contribution in [0.1, 0.15) is 44.7 Å². The summed E-state index contributed by atoms with van der Waals surface area (Å²) in [7, 11) is 0. The quantitative estimate of drug-likeness (QED) is 0.814. The molecule has 21 heavy (non-hydrogen) atoms. The fourth-order valence-corrected chi connectivity index (χ4v) is 2.84. The van der Waals surface area contributed by atoms with Gasteiger partial charge in [-0.25, -0.2) is 0 Å². The summed E-state index contributed by atoms with van der Waals surface area (Å²) in [5, 5.41) is 12.9. The van der Waals surface area contributed by atoms with E-state index in [-0.39, 0.29) is 24.3 Å². The third-order valence-electron chi connectivity index (χ3n) is 4.06. The monoisotopic (exact) mass is 293 g/mol. The number of hydrogen-bond donors (Lipinski definition) is 2. The SMILES string of the molecule is CC[n+]1ccc(O)c(OCC(=O)NC2CCCCC2)c1C. The van der Waals surface area contributed by atoms with E-state index < -0.39 is 0 Å². The van der Waals surface area contributed by atoms with Crippen LogP contribution in [0.25, 0.3) is 0 Å². The van der Waals surface area contributed by atoms with Crippen molar-refractivity contribution in [3.05, 3.63) is 18.0 Å². The highest BCUT2D eigenvalue weighted by Crippen LogP contribution is 2.26. The molecule has 1 heterocycles. The van der Waals surface area contributed by atoms with Gasteiger partial charge in [0, 0.05) is 19.0 Å². The molecule has 1 saturated carbocycles. The number of carbonyl (C=O) groups is 1. The van der Waals surface area contributed by atoms with Crippen LogP contribution in [0.15, 0.2) is 12.3 Å². The number of hydrogen-bond acceptors (Lipinski definition) is 3. The van der Waals surface area contributed by atoms with Gasteiger partial charge in [-0.1, -0.05) is 19.3 Å². The van der Waals surface area contributed by atoms with Crippen molar-refractivity contribution in [3.8, 4) is 11.5 Å². The molecule has 0 aromatic carbocycles. The lowest BCUT2D eigenvalue weighted by molar-refractivity contribution is -0.699. The Balaban J connectivity index is 1.91. The zero-order chi connectivity index (χ0) is 15.2. The zero-order valence-electron chi connectivity index (χ0n) is 12.9. The third-order valence-corrected chi connectivity index (χ3v) is 4.06. The normalized spacial score (nSPS) is 15.7. The van der Waals surface area contributed by atoms with Crippen molar-refractivity contribution in [1.82, 2.24) is 5.32 Å². The minimum atomic E-state index is -0.118. The maximum Gasteiger partial charge on any atom is 0.258 e. The molecule has 1 aromatic heterocycles. The minimum absolute atomic E-state index is 0.0569. The summed E-state index contributed by atoms with van der Waals surface area (Å²) in [6, 6.07) is 1.87. The van der Waals surface area contributed by atoms with E-state index in [2.05, 4.69) is 5.32 Å². The lowest BCUT2D eigenvalue weighted by atomic mass is 9.95. The van der Waals surface area contributed by atoms with Crippen LogP contribution in [0.2, 0.25) is 0 Å². The predicted octanol–water partition coefficient (Wildman–Crippen LogP) is 1.84. The Labute approximate surface area is 125 Å². The highest BCUT2D eigenvalue weighted by Gasteiger charge is 2.19. The largest absolute Gasteiger partial charge is 0.504 e. The molecule has 1 aromatic rings. The Morgan fingerprint density at radius 3 is 2.81 bits per heavy atom. The van der Waals surface area contributed by atoms with Gasteiger partial charge >= 0.3 is 0 Å². The van der Waals surface area contributed by atoms with Gasteiger partial charge in [0.25, 0.3) is 5.91 Å². The van der Waals surface area contributed by atoms with Crippen LogP contribution in [0.3, 0.4) is 0 Å². The summed E-state index contributed by atoms with van der Waals surface area (Å²) in [6.07, 6.45) is 7.53. The fraction of sp³-hybridized carbons (Fsp3) is 0.625. The summed E-state index contributed by atoms with van der Waals surface area (Å²) >= 11 is 0. The van der Waals surface area contributed by atoms with Gasteiger partial charge in [0.2, 0.25) is 11.4 Å². The average Bonchev–Trinajstić information content (AvgIpc) is 2.48. The van der Waals surface area contributed by atoms with E-state index in [1.165, 1.54) is 19.3 Å². The molecular weight excluding hydrogens is 268 g/mol. The molecule has 2 rings (SSSR count). The first-order chi connectivity index (χ1) is 10.1. The highest BCUT2D eigenvalue weighted by atomic mass is 16.5. The fourth-order valence-electron chi connectivity index (χ4n) is 2.84. The molecule has 1 fully saturated rings. The Kier molecular flexibility index (Phi) is 5.42. The standard InChI is InChI=1S/C16H24N2O3/c1-3-18-10-9-14(19)16(12(18)2)21-11-15(20)17-13-7-5-4-6-8-13/h9-10,13H,3-8,11H2,1-2H3,(H,17,20)/p+1. The smallest absolute Gasteiger partial charge is 0.258 e. The summed E-state index contributed by atoms with van der Waals surface area (Å²) < 4.78 is 7.50. The van der Waals surface area contributed by atoms with Crippen molar-refractivity contribution in [2.45, 2.75) is 58.5 Å². The molecule has 0 aliphatic heterocycles. The topological polar surface area (TPSA) is 62.4 Å². The van der Waals surface area contributed by atoms with E-state index in [9.17, 15) is 9.90 Å². The second kappa shape index (κ2) is 7.29.